The van der Waals surface area contributed by atoms with Crippen molar-refractivity contribution in [1.29, 1.82) is 0 Å². The van der Waals surface area contributed by atoms with Crippen LogP contribution in [0, 0.1) is 0 Å². The molecule has 0 saturated carbocycles. The number of rotatable bonds is 3. The maximum Gasteiger partial charge on any atom is 0.0331 e. The Bertz CT molecular complexity index is 373. The quantitative estimate of drug-likeness (QED) is 0.824. The largest absolute Gasteiger partial charge is 0.304 e. The van der Waals surface area contributed by atoms with Crippen molar-refractivity contribution in [3.05, 3.63) is 46.5 Å². The average molecular weight is 266 g/mol. The van der Waals surface area contributed by atoms with E-state index in [1.54, 1.807) is 0 Å². The van der Waals surface area contributed by atoms with Crippen molar-refractivity contribution in [2.75, 3.05) is 0 Å². The fraction of sp³-hybridized carbons (Fsp3) is 0.385. The SMILES string of the molecule is C=CC(C)NC1CCc2c(Br)cccc21. The van der Waals surface area contributed by atoms with Crippen LogP contribution in [0.25, 0.3) is 0 Å². The zero-order chi connectivity index (χ0) is 10.8. The van der Waals surface area contributed by atoms with E-state index in [1.165, 1.54) is 22.0 Å². The van der Waals surface area contributed by atoms with Crippen LogP contribution in [0.2, 0.25) is 0 Å². The van der Waals surface area contributed by atoms with Crippen molar-refractivity contribution < 1.29 is 0 Å². The van der Waals surface area contributed by atoms with E-state index in [1.807, 2.05) is 6.08 Å². The molecule has 2 heteroatoms. The Balaban J connectivity index is 2.21. The molecular weight excluding hydrogens is 250 g/mol. The highest BCUT2D eigenvalue weighted by atomic mass is 79.9. The first kappa shape index (κ1) is 10.9. The molecule has 1 N–H and O–H groups in total. The summed E-state index contributed by atoms with van der Waals surface area (Å²) in [6.45, 7) is 5.95. The van der Waals surface area contributed by atoms with Gasteiger partial charge in [0, 0.05) is 16.6 Å². The number of nitrogens with one attached hydrogen (secondary N) is 1. The number of benzene rings is 1. The molecule has 0 aliphatic heterocycles. The third-order valence-electron chi connectivity index (χ3n) is 3.03. The van der Waals surface area contributed by atoms with Crippen LogP contribution in [0.3, 0.4) is 0 Å². The molecule has 0 saturated heterocycles. The zero-order valence-corrected chi connectivity index (χ0v) is 10.5. The van der Waals surface area contributed by atoms with Gasteiger partial charge in [-0.3, -0.25) is 0 Å². The molecule has 2 unspecified atom stereocenters. The van der Waals surface area contributed by atoms with Crippen molar-refractivity contribution in [2.45, 2.75) is 31.8 Å². The summed E-state index contributed by atoms with van der Waals surface area (Å²) >= 11 is 3.61. The Kier molecular flexibility index (Phi) is 3.27. The third-order valence-corrected chi connectivity index (χ3v) is 3.77. The van der Waals surface area contributed by atoms with E-state index in [9.17, 15) is 0 Å². The molecule has 0 radical (unpaired) electrons. The topological polar surface area (TPSA) is 12.0 Å². The summed E-state index contributed by atoms with van der Waals surface area (Å²) in [5, 5.41) is 3.57. The molecule has 0 bridgehead atoms. The molecule has 1 aliphatic rings. The van der Waals surface area contributed by atoms with Gasteiger partial charge in [-0.2, -0.15) is 0 Å². The highest BCUT2D eigenvalue weighted by molar-refractivity contribution is 9.10. The Labute approximate surface area is 99.7 Å². The normalized spacial score (nSPS) is 21.1. The molecule has 0 aromatic heterocycles. The molecule has 2 atom stereocenters. The van der Waals surface area contributed by atoms with Gasteiger partial charge in [0.25, 0.3) is 0 Å². The summed E-state index contributed by atoms with van der Waals surface area (Å²) in [5.74, 6) is 0. The van der Waals surface area contributed by atoms with E-state index in [0.29, 0.717) is 12.1 Å². The molecule has 0 heterocycles. The zero-order valence-electron chi connectivity index (χ0n) is 8.96. The van der Waals surface area contributed by atoms with Crippen LogP contribution in [0.5, 0.6) is 0 Å². The van der Waals surface area contributed by atoms with Crippen LogP contribution >= 0.6 is 15.9 Å². The minimum absolute atomic E-state index is 0.375. The van der Waals surface area contributed by atoms with Crippen molar-refractivity contribution in [3.63, 3.8) is 0 Å². The second kappa shape index (κ2) is 4.50. The van der Waals surface area contributed by atoms with Gasteiger partial charge >= 0.3 is 0 Å². The molecule has 0 spiro atoms. The molecule has 0 fully saturated rings. The first-order valence-electron chi connectivity index (χ1n) is 5.38. The van der Waals surface area contributed by atoms with E-state index < -0.39 is 0 Å². The van der Waals surface area contributed by atoms with Crippen molar-refractivity contribution in [1.82, 2.24) is 5.32 Å². The third kappa shape index (κ3) is 2.16. The first-order chi connectivity index (χ1) is 7.22. The second-order valence-electron chi connectivity index (χ2n) is 4.09. The van der Waals surface area contributed by atoms with Crippen LogP contribution in [0.4, 0.5) is 0 Å². The van der Waals surface area contributed by atoms with E-state index in [0.717, 1.165) is 6.42 Å². The lowest BCUT2D eigenvalue weighted by Crippen LogP contribution is -2.27. The minimum Gasteiger partial charge on any atom is -0.304 e. The molecule has 1 aromatic carbocycles. The van der Waals surface area contributed by atoms with Gasteiger partial charge in [-0.1, -0.05) is 34.1 Å². The Hall–Kier alpha value is -0.600. The van der Waals surface area contributed by atoms with Crippen molar-refractivity contribution >= 4 is 15.9 Å². The predicted molar refractivity (Wildman–Crippen MR) is 68.0 cm³/mol. The maximum absolute atomic E-state index is 3.80. The van der Waals surface area contributed by atoms with Gasteiger partial charge in [-0.05, 0) is 37.0 Å². The van der Waals surface area contributed by atoms with Crippen LogP contribution in [-0.2, 0) is 6.42 Å². The number of fused-ring (bicyclic) bond motifs is 1. The van der Waals surface area contributed by atoms with E-state index >= 15 is 0 Å². The first-order valence-corrected chi connectivity index (χ1v) is 6.17. The molecule has 80 valence electrons. The Morgan fingerprint density at radius 2 is 2.40 bits per heavy atom. The number of halogens is 1. The van der Waals surface area contributed by atoms with Gasteiger partial charge < -0.3 is 5.32 Å². The minimum atomic E-state index is 0.375. The summed E-state index contributed by atoms with van der Waals surface area (Å²) in [7, 11) is 0. The van der Waals surface area contributed by atoms with Gasteiger partial charge in [0.05, 0.1) is 0 Å². The number of hydrogen-bond acceptors (Lipinski definition) is 1. The van der Waals surface area contributed by atoms with Crippen LogP contribution in [0.1, 0.15) is 30.5 Å². The van der Waals surface area contributed by atoms with Crippen LogP contribution < -0.4 is 5.32 Å². The fourth-order valence-electron chi connectivity index (χ4n) is 2.17. The summed E-state index contributed by atoms with van der Waals surface area (Å²) in [4.78, 5) is 0. The highest BCUT2D eigenvalue weighted by Crippen LogP contribution is 2.35. The number of hydrogen-bond donors (Lipinski definition) is 1. The monoisotopic (exact) mass is 265 g/mol. The average Bonchev–Trinajstić information content (AvgIpc) is 2.63. The van der Waals surface area contributed by atoms with E-state index in [2.05, 4.69) is 52.9 Å². The van der Waals surface area contributed by atoms with Crippen LogP contribution in [0.15, 0.2) is 35.3 Å². The smallest absolute Gasteiger partial charge is 0.0331 e. The van der Waals surface area contributed by atoms with E-state index in [4.69, 9.17) is 0 Å². The molecule has 1 nitrogen and oxygen atoms in total. The lowest BCUT2D eigenvalue weighted by atomic mass is 10.1. The summed E-state index contributed by atoms with van der Waals surface area (Å²) in [6, 6.07) is 7.32. The lowest BCUT2D eigenvalue weighted by Gasteiger charge is -2.17. The van der Waals surface area contributed by atoms with Gasteiger partial charge in [-0.25, -0.2) is 0 Å². The van der Waals surface area contributed by atoms with Crippen LogP contribution in [-0.4, -0.2) is 6.04 Å². The van der Waals surface area contributed by atoms with E-state index in [-0.39, 0.29) is 0 Å². The second-order valence-corrected chi connectivity index (χ2v) is 4.94. The maximum atomic E-state index is 3.80. The predicted octanol–water partition coefficient (Wildman–Crippen LogP) is 3.60. The molecule has 1 aliphatic carbocycles. The van der Waals surface area contributed by atoms with Crippen molar-refractivity contribution in [2.24, 2.45) is 0 Å². The van der Waals surface area contributed by atoms with Gasteiger partial charge in [0.15, 0.2) is 0 Å². The molecule has 15 heavy (non-hydrogen) atoms. The molecular formula is C13H16BrN. The van der Waals surface area contributed by atoms with Gasteiger partial charge in [-0.15, -0.1) is 6.58 Å². The molecule has 0 amide bonds. The Morgan fingerprint density at radius 3 is 3.13 bits per heavy atom. The van der Waals surface area contributed by atoms with Gasteiger partial charge in [0.1, 0.15) is 0 Å². The summed E-state index contributed by atoms with van der Waals surface area (Å²) in [6.07, 6.45) is 4.31. The summed E-state index contributed by atoms with van der Waals surface area (Å²) < 4.78 is 1.25. The lowest BCUT2D eigenvalue weighted by molar-refractivity contribution is 0.500. The Morgan fingerprint density at radius 1 is 1.60 bits per heavy atom. The fourth-order valence-corrected chi connectivity index (χ4v) is 2.75. The standard InChI is InChI=1S/C13H16BrN/c1-3-9(2)15-13-8-7-10-11(13)5-4-6-12(10)14/h3-6,9,13,15H,1,7-8H2,2H3. The highest BCUT2D eigenvalue weighted by Gasteiger charge is 2.24. The molecule has 1 aromatic rings. The molecule has 2 rings (SSSR count). The van der Waals surface area contributed by atoms with Gasteiger partial charge in [0.2, 0.25) is 0 Å². The van der Waals surface area contributed by atoms with Crippen molar-refractivity contribution in [3.8, 4) is 0 Å². The summed E-state index contributed by atoms with van der Waals surface area (Å²) in [5.41, 5.74) is 2.91.